The van der Waals surface area contributed by atoms with Crippen molar-refractivity contribution in [3.63, 3.8) is 0 Å². The number of ketones is 1. The van der Waals surface area contributed by atoms with Crippen molar-refractivity contribution >= 4 is 39.1 Å². The molecule has 2 heterocycles. The SMILES string of the molecule is CNCCC(C)(C)SSC/C=C1\C2=C(C#C/C=C\C#C[C@@H]2OC2CC(O)[C@H](NOC3C[C@H](O)[C@H](SC)C(C)O3)C(C)O2)C(NC)C(=O)CC1C. The van der Waals surface area contributed by atoms with Gasteiger partial charge in [0.25, 0.3) is 0 Å². The number of nitrogens with one attached hydrogen (secondary N) is 3. The van der Waals surface area contributed by atoms with E-state index in [1.165, 1.54) is 0 Å². The Hall–Kier alpha value is -1.30. The Labute approximate surface area is 310 Å². The molecule has 0 spiro atoms. The Bertz CT molecular complexity index is 1360. The maximum absolute atomic E-state index is 13.6. The van der Waals surface area contributed by atoms with E-state index in [0.717, 1.165) is 29.9 Å². The first-order valence-corrected chi connectivity index (χ1v) is 21.0. The Morgan fingerprint density at radius 3 is 2.46 bits per heavy atom. The zero-order valence-electron chi connectivity index (χ0n) is 30.5. The van der Waals surface area contributed by atoms with Gasteiger partial charge in [-0.25, -0.2) is 0 Å². The summed E-state index contributed by atoms with van der Waals surface area (Å²) < 4.78 is 19.0. The molecule has 2 aliphatic heterocycles. The number of hydroxylamine groups is 1. The molecule has 0 amide bonds. The molecule has 10 nitrogen and oxygen atoms in total. The van der Waals surface area contributed by atoms with Crippen molar-refractivity contribution in [3.8, 4) is 23.7 Å². The second-order valence-electron chi connectivity index (χ2n) is 13.8. The van der Waals surface area contributed by atoms with E-state index in [1.807, 2.05) is 37.9 Å². The summed E-state index contributed by atoms with van der Waals surface area (Å²) in [6, 6.07) is -1.17. The van der Waals surface area contributed by atoms with Gasteiger partial charge in [0.05, 0.1) is 41.7 Å². The molecule has 0 aromatic heterocycles. The van der Waals surface area contributed by atoms with Crippen LogP contribution >= 0.6 is 33.3 Å². The molecule has 11 atom stereocenters. The summed E-state index contributed by atoms with van der Waals surface area (Å²) in [6.07, 6.45) is 5.05. The fraction of sp³-hybridized carbons (Fsp3) is 0.703. The van der Waals surface area contributed by atoms with E-state index in [1.54, 1.807) is 41.8 Å². The normalized spacial score (nSPS) is 36.2. The van der Waals surface area contributed by atoms with Crippen LogP contribution < -0.4 is 16.1 Å². The summed E-state index contributed by atoms with van der Waals surface area (Å²) in [5.41, 5.74) is 5.38. The van der Waals surface area contributed by atoms with E-state index in [-0.39, 0.29) is 34.2 Å². The molecule has 278 valence electrons. The van der Waals surface area contributed by atoms with Crippen LogP contribution in [0.25, 0.3) is 0 Å². The summed E-state index contributed by atoms with van der Waals surface area (Å²) >= 11 is 1.57. The fourth-order valence-electron chi connectivity index (χ4n) is 6.65. The molecular weight excluding hydrogens is 695 g/mol. The first kappa shape index (κ1) is 41.5. The number of carbonyl (C=O) groups excluding carboxylic acids is 1. The van der Waals surface area contributed by atoms with Crippen LogP contribution in [0.15, 0.2) is 34.9 Å². The molecule has 0 aromatic rings. The van der Waals surface area contributed by atoms with Crippen LogP contribution in [0.5, 0.6) is 0 Å². The van der Waals surface area contributed by atoms with Crippen LogP contribution in [0.4, 0.5) is 0 Å². The van der Waals surface area contributed by atoms with Crippen LogP contribution in [0.3, 0.4) is 0 Å². The van der Waals surface area contributed by atoms with Gasteiger partial charge in [0.1, 0.15) is 6.10 Å². The smallest absolute Gasteiger partial charge is 0.180 e. The molecule has 2 saturated heterocycles. The number of rotatable bonds is 14. The number of carbonyl (C=O) groups is 1. The maximum Gasteiger partial charge on any atom is 0.180 e. The third kappa shape index (κ3) is 11.1. The van der Waals surface area contributed by atoms with E-state index in [4.69, 9.17) is 19.0 Å². The van der Waals surface area contributed by atoms with E-state index in [2.05, 4.69) is 66.6 Å². The predicted octanol–water partition coefficient (Wildman–Crippen LogP) is 3.75. The molecule has 0 radical (unpaired) electrons. The number of aliphatic hydroxyl groups is 2. The van der Waals surface area contributed by atoms with Gasteiger partial charge in [-0.3, -0.25) is 9.63 Å². The van der Waals surface area contributed by atoms with Crippen LogP contribution in [0.1, 0.15) is 60.3 Å². The van der Waals surface area contributed by atoms with Gasteiger partial charge in [-0.15, -0.1) is 0 Å². The zero-order chi connectivity index (χ0) is 36.4. The van der Waals surface area contributed by atoms with E-state index in [0.29, 0.717) is 18.4 Å². The molecular formula is C37H55N3O7S3. The van der Waals surface area contributed by atoms with Crippen molar-refractivity contribution in [3.05, 3.63) is 34.9 Å². The number of thioether (sulfide) groups is 1. The van der Waals surface area contributed by atoms with Gasteiger partial charge in [-0.2, -0.15) is 17.2 Å². The number of allylic oxidation sites excluding steroid dienone is 2. The Morgan fingerprint density at radius 1 is 1.06 bits per heavy atom. The number of likely N-dealkylation sites (N-methyl/N-ethyl adjacent to an activating group) is 1. The Kier molecular flexibility index (Phi) is 16.3. The van der Waals surface area contributed by atoms with Crippen LogP contribution in [-0.2, 0) is 23.8 Å². The highest BCUT2D eigenvalue weighted by atomic mass is 33.1. The third-order valence-corrected chi connectivity index (χ3v) is 13.8. The van der Waals surface area contributed by atoms with Gasteiger partial charge in [-0.1, -0.05) is 58.3 Å². The molecule has 2 fully saturated rings. The molecule has 50 heavy (non-hydrogen) atoms. The van der Waals surface area contributed by atoms with Gasteiger partial charge in [0.15, 0.2) is 18.4 Å². The minimum absolute atomic E-state index is 0.0282. The van der Waals surface area contributed by atoms with Crippen LogP contribution in [-0.4, -0.2) is 114 Å². The summed E-state index contributed by atoms with van der Waals surface area (Å²) in [4.78, 5) is 19.4. The molecule has 0 aromatic carbocycles. The molecule has 2 aliphatic carbocycles. The Morgan fingerprint density at radius 2 is 1.78 bits per heavy atom. The molecule has 0 saturated carbocycles. The standard InChI is InChI=1S/C37H55N3O7S3/c1-22-19-27(41)35(39-7)26-13-11-9-10-12-14-30(33(26)25(22)15-18-49-50-37(4,5)16-17-38-6)46-31-20-28(42)34(23(2)44-31)40-47-32-21-29(43)36(48-8)24(3)45-32/h9-10,15,22-24,28-32,34-36,38-40,42-43H,16-21H2,1-8H3/b10-9-,25-15-/t22?,23?,24?,28?,29-,30-,31?,32?,34+,35?,36+/m0/s1. The highest BCUT2D eigenvalue weighted by molar-refractivity contribution is 8.77. The molecule has 4 aliphatic rings. The highest BCUT2D eigenvalue weighted by Gasteiger charge is 2.42. The number of aliphatic hydroxyl groups excluding tert-OH is 2. The minimum Gasteiger partial charge on any atom is -0.392 e. The number of hydrogen-bond acceptors (Lipinski definition) is 13. The van der Waals surface area contributed by atoms with Gasteiger partial charge in [0, 0.05) is 40.9 Å². The first-order chi connectivity index (χ1) is 23.9. The molecule has 5 N–H and O–H groups in total. The van der Waals surface area contributed by atoms with E-state index >= 15 is 0 Å². The fourth-order valence-corrected chi connectivity index (χ4v) is 9.96. The van der Waals surface area contributed by atoms with Crippen molar-refractivity contribution in [1.29, 1.82) is 0 Å². The summed E-state index contributed by atoms with van der Waals surface area (Å²) in [6.45, 7) is 11.3. The lowest BCUT2D eigenvalue weighted by Gasteiger charge is -2.41. The minimum atomic E-state index is -0.875. The lowest BCUT2D eigenvalue weighted by Crippen LogP contribution is -2.57. The average Bonchev–Trinajstić information content (AvgIpc) is 3.08. The molecule has 13 heteroatoms. The molecule has 7 unspecified atom stereocenters. The number of hydrogen-bond donors (Lipinski definition) is 5. The maximum atomic E-state index is 13.6. The van der Waals surface area contributed by atoms with Crippen molar-refractivity contribution in [2.24, 2.45) is 5.92 Å². The van der Waals surface area contributed by atoms with Crippen molar-refractivity contribution in [2.45, 2.75) is 125 Å². The van der Waals surface area contributed by atoms with Gasteiger partial charge in [0.2, 0.25) is 0 Å². The second-order valence-corrected chi connectivity index (χ2v) is 17.8. The largest absolute Gasteiger partial charge is 0.392 e. The van der Waals surface area contributed by atoms with Gasteiger partial charge < -0.3 is 35.1 Å². The lowest BCUT2D eigenvalue weighted by molar-refractivity contribution is -0.272. The predicted molar refractivity (Wildman–Crippen MR) is 204 cm³/mol. The summed E-state index contributed by atoms with van der Waals surface area (Å²) in [7, 11) is 7.39. The quantitative estimate of drug-likeness (QED) is 0.0766. The molecule has 0 bridgehead atoms. The molecule has 4 rings (SSSR count). The van der Waals surface area contributed by atoms with Crippen molar-refractivity contribution in [1.82, 2.24) is 16.1 Å². The van der Waals surface area contributed by atoms with Crippen molar-refractivity contribution in [2.75, 3.05) is 32.6 Å². The first-order valence-electron chi connectivity index (χ1n) is 17.4. The monoisotopic (exact) mass is 749 g/mol. The topological polar surface area (TPSA) is 131 Å². The Balaban J connectivity index is 1.54. The second kappa shape index (κ2) is 19.7. The van der Waals surface area contributed by atoms with Crippen molar-refractivity contribution < 1.29 is 34.1 Å². The summed E-state index contributed by atoms with van der Waals surface area (Å²) in [5.74, 6) is 13.4. The van der Waals surface area contributed by atoms with E-state index in [9.17, 15) is 15.0 Å². The van der Waals surface area contributed by atoms with Crippen LogP contribution in [0.2, 0.25) is 0 Å². The lowest BCUT2D eigenvalue weighted by atomic mass is 9.87. The third-order valence-electron chi connectivity index (χ3n) is 9.36. The average molecular weight is 750 g/mol. The zero-order valence-corrected chi connectivity index (χ0v) is 32.9. The highest BCUT2D eigenvalue weighted by Crippen LogP contribution is 2.40. The number of Topliss-reactive ketones (excluding diaryl/α,β-unsaturated/α-hetero) is 1. The summed E-state index contributed by atoms with van der Waals surface area (Å²) in [5, 5.41) is 28.3. The van der Waals surface area contributed by atoms with Gasteiger partial charge in [-0.05, 0) is 84.7 Å². The van der Waals surface area contributed by atoms with Crippen LogP contribution in [0, 0.1) is 29.6 Å². The van der Waals surface area contributed by atoms with E-state index < -0.39 is 49.1 Å². The van der Waals surface area contributed by atoms with Gasteiger partial charge >= 0.3 is 0 Å². The number of ether oxygens (including phenoxy) is 3.